The Labute approximate surface area is 153 Å². The maximum atomic E-state index is 12.7. The number of fused-ring (bicyclic) bond motifs is 3. The summed E-state index contributed by atoms with van der Waals surface area (Å²) in [4.78, 5) is 15.1. The Bertz CT molecular complexity index is 747. The summed E-state index contributed by atoms with van der Waals surface area (Å²) in [5.74, 6) is 0.680. The quantitative estimate of drug-likeness (QED) is 0.801. The van der Waals surface area contributed by atoms with Gasteiger partial charge in [0, 0.05) is 19.1 Å². The normalized spacial score (nSPS) is 27.4. The Morgan fingerprint density at radius 2 is 2.15 bits per heavy atom. The maximum absolute atomic E-state index is 12.7. The van der Waals surface area contributed by atoms with Gasteiger partial charge in [-0.1, -0.05) is 35.5 Å². The molecule has 0 aliphatic carbocycles. The van der Waals surface area contributed by atoms with E-state index >= 15 is 0 Å². The number of rotatable bonds is 6. The van der Waals surface area contributed by atoms with Crippen molar-refractivity contribution < 1.29 is 9.90 Å². The molecule has 0 saturated carbocycles. The third-order valence-electron chi connectivity index (χ3n) is 5.67. The molecule has 3 saturated heterocycles. The van der Waals surface area contributed by atoms with Gasteiger partial charge in [-0.05, 0) is 30.9 Å². The van der Waals surface area contributed by atoms with Gasteiger partial charge in [0.25, 0.3) is 0 Å². The van der Waals surface area contributed by atoms with Crippen LogP contribution in [-0.4, -0.2) is 50.0 Å². The minimum Gasteiger partial charge on any atom is -0.390 e. The highest BCUT2D eigenvalue weighted by Crippen LogP contribution is 2.36. The third kappa shape index (κ3) is 3.64. The van der Waals surface area contributed by atoms with Crippen LogP contribution >= 0.6 is 0 Å². The topological polar surface area (TPSA) is 83.3 Å². The molecule has 0 radical (unpaired) electrons. The SMILES string of the molecule is O=C(NCc1ccccc1)[C@H]1CN2CCC1C[C@@H]2Cn1cc(CO)nn1. The number of aliphatic hydroxyl groups is 1. The number of hydrogen-bond donors (Lipinski definition) is 2. The lowest BCUT2D eigenvalue weighted by atomic mass is 9.75. The molecule has 3 fully saturated rings. The van der Waals surface area contributed by atoms with Gasteiger partial charge in [-0.25, -0.2) is 0 Å². The predicted molar refractivity (Wildman–Crippen MR) is 95.8 cm³/mol. The Hall–Kier alpha value is -2.25. The molecule has 26 heavy (non-hydrogen) atoms. The number of piperidine rings is 3. The van der Waals surface area contributed by atoms with Gasteiger partial charge in [0.05, 0.1) is 25.3 Å². The fourth-order valence-corrected chi connectivity index (χ4v) is 4.26. The minimum absolute atomic E-state index is 0.0764. The first-order valence-corrected chi connectivity index (χ1v) is 9.28. The number of carbonyl (C=O) groups excluding carboxylic acids is 1. The standard InChI is InChI=1S/C19H25N5O2/c25-13-16-10-24(22-21-16)11-17-8-15-6-7-23(17)12-18(15)19(26)20-9-14-4-2-1-3-5-14/h1-5,10,15,17-18,25H,6-9,11-13H2,(H,20,26)/t15?,17-,18+/m1/s1. The van der Waals surface area contributed by atoms with E-state index in [1.165, 1.54) is 0 Å². The van der Waals surface area contributed by atoms with E-state index in [1.807, 2.05) is 30.3 Å². The molecule has 7 nitrogen and oxygen atoms in total. The molecule has 7 heteroatoms. The van der Waals surface area contributed by atoms with E-state index in [1.54, 1.807) is 10.9 Å². The molecule has 2 unspecified atom stereocenters. The lowest BCUT2D eigenvalue weighted by Gasteiger charge is -2.49. The minimum atomic E-state index is -0.0827. The van der Waals surface area contributed by atoms with E-state index in [4.69, 9.17) is 5.11 Å². The molecule has 2 bridgehead atoms. The molecule has 4 heterocycles. The number of aliphatic hydroxyl groups excluding tert-OH is 1. The number of aromatic nitrogens is 3. The first-order chi connectivity index (χ1) is 12.7. The molecular formula is C19H25N5O2. The van der Waals surface area contributed by atoms with Crippen molar-refractivity contribution in [3.8, 4) is 0 Å². The van der Waals surface area contributed by atoms with Crippen LogP contribution in [0.4, 0.5) is 0 Å². The Kier molecular flexibility index (Phi) is 4.99. The van der Waals surface area contributed by atoms with E-state index in [0.717, 1.165) is 38.0 Å². The average Bonchev–Trinajstić information content (AvgIpc) is 3.15. The zero-order valence-corrected chi connectivity index (χ0v) is 14.8. The van der Waals surface area contributed by atoms with Gasteiger partial charge in [-0.2, -0.15) is 0 Å². The van der Waals surface area contributed by atoms with Crippen molar-refractivity contribution in [1.82, 2.24) is 25.2 Å². The van der Waals surface area contributed by atoms with Crippen LogP contribution in [0.2, 0.25) is 0 Å². The first kappa shape index (κ1) is 17.2. The number of amides is 1. The van der Waals surface area contributed by atoms with Crippen molar-refractivity contribution in [2.45, 2.75) is 38.6 Å². The molecule has 1 aromatic carbocycles. The molecule has 0 spiro atoms. The van der Waals surface area contributed by atoms with Crippen LogP contribution in [0.5, 0.6) is 0 Å². The number of carbonyl (C=O) groups is 1. The Morgan fingerprint density at radius 1 is 1.31 bits per heavy atom. The second-order valence-corrected chi connectivity index (χ2v) is 7.33. The van der Waals surface area contributed by atoms with Crippen LogP contribution in [0, 0.1) is 11.8 Å². The third-order valence-corrected chi connectivity index (χ3v) is 5.67. The van der Waals surface area contributed by atoms with Gasteiger partial charge >= 0.3 is 0 Å². The van der Waals surface area contributed by atoms with E-state index < -0.39 is 0 Å². The zero-order valence-electron chi connectivity index (χ0n) is 14.8. The van der Waals surface area contributed by atoms with E-state index in [9.17, 15) is 4.79 Å². The maximum Gasteiger partial charge on any atom is 0.224 e. The van der Waals surface area contributed by atoms with Gasteiger partial charge in [0.2, 0.25) is 5.91 Å². The second-order valence-electron chi connectivity index (χ2n) is 7.33. The fraction of sp³-hybridized carbons (Fsp3) is 0.526. The summed E-state index contributed by atoms with van der Waals surface area (Å²) in [6.45, 7) is 3.13. The fourth-order valence-electron chi connectivity index (χ4n) is 4.26. The summed E-state index contributed by atoms with van der Waals surface area (Å²) in [6.07, 6.45) is 3.89. The Balaban J connectivity index is 1.33. The van der Waals surface area contributed by atoms with Crippen LogP contribution < -0.4 is 5.32 Å². The highest BCUT2D eigenvalue weighted by molar-refractivity contribution is 5.79. The van der Waals surface area contributed by atoms with Crippen molar-refractivity contribution in [3.05, 3.63) is 47.8 Å². The molecular weight excluding hydrogens is 330 g/mol. The van der Waals surface area contributed by atoms with Crippen LogP contribution in [-0.2, 0) is 24.5 Å². The van der Waals surface area contributed by atoms with Gasteiger partial charge in [-0.15, -0.1) is 5.10 Å². The Morgan fingerprint density at radius 3 is 2.85 bits per heavy atom. The first-order valence-electron chi connectivity index (χ1n) is 9.28. The molecule has 4 atom stereocenters. The van der Waals surface area contributed by atoms with Crippen LogP contribution in [0.3, 0.4) is 0 Å². The molecule has 2 N–H and O–H groups in total. The summed E-state index contributed by atoms with van der Waals surface area (Å²) in [5, 5.41) is 20.2. The van der Waals surface area contributed by atoms with E-state index in [-0.39, 0.29) is 18.4 Å². The van der Waals surface area contributed by atoms with Gasteiger partial charge < -0.3 is 10.4 Å². The highest BCUT2D eigenvalue weighted by atomic mass is 16.3. The van der Waals surface area contributed by atoms with Crippen molar-refractivity contribution in [2.24, 2.45) is 11.8 Å². The van der Waals surface area contributed by atoms with Gasteiger partial charge in [-0.3, -0.25) is 14.4 Å². The molecule has 1 amide bonds. The van der Waals surface area contributed by atoms with E-state index in [2.05, 4.69) is 20.5 Å². The molecule has 3 aliphatic rings. The summed E-state index contributed by atoms with van der Waals surface area (Å²) >= 11 is 0. The lowest BCUT2D eigenvalue weighted by Crippen LogP contribution is -2.58. The van der Waals surface area contributed by atoms with Crippen molar-refractivity contribution in [2.75, 3.05) is 13.1 Å². The number of nitrogens with zero attached hydrogens (tertiary/aromatic N) is 4. The van der Waals surface area contributed by atoms with Crippen LogP contribution in [0.15, 0.2) is 36.5 Å². The van der Waals surface area contributed by atoms with Crippen molar-refractivity contribution >= 4 is 5.91 Å². The van der Waals surface area contributed by atoms with Crippen LogP contribution in [0.25, 0.3) is 0 Å². The van der Waals surface area contributed by atoms with Gasteiger partial charge in [0.1, 0.15) is 5.69 Å². The lowest BCUT2D eigenvalue weighted by molar-refractivity contribution is -0.133. The van der Waals surface area contributed by atoms with Gasteiger partial charge in [0.15, 0.2) is 0 Å². The summed E-state index contributed by atoms with van der Waals surface area (Å²) in [7, 11) is 0. The summed E-state index contributed by atoms with van der Waals surface area (Å²) in [5.41, 5.74) is 1.73. The zero-order chi connectivity index (χ0) is 17.9. The highest BCUT2D eigenvalue weighted by Gasteiger charge is 2.43. The number of nitrogens with one attached hydrogen (secondary N) is 1. The predicted octanol–water partition coefficient (Wildman–Crippen LogP) is 0.797. The average molecular weight is 355 g/mol. The summed E-state index contributed by atoms with van der Waals surface area (Å²) < 4.78 is 1.81. The monoisotopic (exact) mass is 355 g/mol. The molecule has 1 aromatic heterocycles. The van der Waals surface area contributed by atoms with Crippen molar-refractivity contribution in [3.63, 3.8) is 0 Å². The number of benzene rings is 1. The molecule has 138 valence electrons. The van der Waals surface area contributed by atoms with Crippen LogP contribution in [0.1, 0.15) is 24.1 Å². The largest absolute Gasteiger partial charge is 0.390 e. The smallest absolute Gasteiger partial charge is 0.224 e. The van der Waals surface area contributed by atoms with E-state index in [0.29, 0.717) is 24.2 Å². The molecule has 2 aromatic rings. The molecule has 5 rings (SSSR count). The number of hydrogen-bond acceptors (Lipinski definition) is 5. The molecule has 3 aliphatic heterocycles. The summed E-state index contributed by atoms with van der Waals surface area (Å²) in [6, 6.07) is 10.4. The van der Waals surface area contributed by atoms with Crippen molar-refractivity contribution in [1.29, 1.82) is 0 Å². The second kappa shape index (κ2) is 7.55.